The van der Waals surface area contributed by atoms with Gasteiger partial charge in [0.1, 0.15) is 0 Å². The van der Waals surface area contributed by atoms with E-state index in [1.807, 2.05) is 0 Å². The number of carbonyl (C=O) groups excluding carboxylic acids is 1. The maximum Gasteiger partial charge on any atom is 0.456 e. The zero-order valence-electron chi connectivity index (χ0n) is 12.5. The van der Waals surface area contributed by atoms with Gasteiger partial charge in [0.05, 0.1) is 19.2 Å². The minimum atomic E-state index is -4.37. The number of nitrogens with zero attached hydrogens (tertiary/aromatic N) is 3. The van der Waals surface area contributed by atoms with Gasteiger partial charge in [0.15, 0.2) is 10.8 Å². The van der Waals surface area contributed by atoms with Crippen LogP contribution in [0.15, 0.2) is 27.8 Å². The smallest absolute Gasteiger partial charge is 0.456 e. The van der Waals surface area contributed by atoms with E-state index >= 15 is 0 Å². The Morgan fingerprint density at radius 3 is 2.96 bits per heavy atom. The van der Waals surface area contributed by atoms with Gasteiger partial charge in [-0.2, -0.15) is 13.2 Å². The third kappa shape index (κ3) is 3.57. The maximum atomic E-state index is 12.4. The van der Waals surface area contributed by atoms with Gasteiger partial charge in [-0.1, -0.05) is 0 Å². The van der Waals surface area contributed by atoms with Gasteiger partial charge in [-0.15, -0.1) is 11.3 Å². The van der Waals surface area contributed by atoms with Gasteiger partial charge in [-0.3, -0.25) is 9.71 Å². The molecule has 24 heavy (non-hydrogen) atoms. The summed E-state index contributed by atoms with van der Waals surface area (Å²) in [7, 11) is 1.27. The molecule has 3 heterocycles. The fourth-order valence-corrected chi connectivity index (χ4v) is 3.73. The number of ether oxygens (including phenoxy) is 1. The van der Waals surface area contributed by atoms with Crippen LogP contribution in [-0.2, 0) is 9.53 Å². The minimum Gasteiger partial charge on any atom is -0.466 e. The Kier molecular flexibility index (Phi) is 4.83. The van der Waals surface area contributed by atoms with Crippen molar-refractivity contribution in [2.24, 2.45) is 4.99 Å². The number of aliphatic imine (C=N–C) groups is 1. The highest BCUT2D eigenvalue weighted by Crippen LogP contribution is 2.34. The summed E-state index contributed by atoms with van der Waals surface area (Å²) in [6.07, 6.45) is 1.92. The van der Waals surface area contributed by atoms with E-state index in [0.29, 0.717) is 22.1 Å². The fraction of sp³-hybridized carbons (Fsp3) is 0.462. The summed E-state index contributed by atoms with van der Waals surface area (Å²) in [5.74, 6) is 0.0648. The van der Waals surface area contributed by atoms with Crippen molar-refractivity contribution in [2.45, 2.75) is 18.0 Å². The molecule has 0 aromatic carbocycles. The number of carbonyl (C=O) groups is 1. The lowest BCUT2D eigenvalue weighted by Crippen LogP contribution is -2.36. The quantitative estimate of drug-likeness (QED) is 0.640. The van der Waals surface area contributed by atoms with Gasteiger partial charge < -0.3 is 9.64 Å². The molecule has 0 bridgehead atoms. The number of methoxy groups -OCH3 is 1. The summed E-state index contributed by atoms with van der Waals surface area (Å²) in [5.41, 5.74) is -3.35. The standard InChI is InChI=1S/C13H13F3N4O2S2/c1-22-12(21)8-5-18-10(11-17-2-3-23-11)20-6-7(4-9(8)20)19-24-13(14,15)16/h2-3,7,19H,4-6H2,1H3. The molecule has 0 amide bonds. The molecule has 0 spiro atoms. The molecule has 1 aromatic rings. The van der Waals surface area contributed by atoms with Crippen LogP contribution in [0, 0.1) is 0 Å². The number of halogens is 3. The Balaban J connectivity index is 1.85. The molecule has 130 valence electrons. The van der Waals surface area contributed by atoms with Crippen LogP contribution in [0.1, 0.15) is 11.4 Å². The molecule has 11 heteroatoms. The minimum absolute atomic E-state index is 0.132. The number of thiazole rings is 1. The van der Waals surface area contributed by atoms with Crippen LogP contribution in [0.25, 0.3) is 0 Å². The average molecular weight is 378 g/mol. The van der Waals surface area contributed by atoms with Crippen LogP contribution in [0.2, 0.25) is 0 Å². The maximum absolute atomic E-state index is 12.4. The highest BCUT2D eigenvalue weighted by Gasteiger charge is 2.39. The lowest BCUT2D eigenvalue weighted by atomic mass is 10.1. The van der Waals surface area contributed by atoms with Crippen LogP contribution in [-0.4, -0.2) is 53.4 Å². The van der Waals surface area contributed by atoms with Crippen molar-refractivity contribution < 1.29 is 22.7 Å². The Morgan fingerprint density at radius 2 is 2.33 bits per heavy atom. The molecule has 0 aliphatic carbocycles. The number of amidine groups is 1. The summed E-state index contributed by atoms with van der Waals surface area (Å²) >= 11 is 1.11. The van der Waals surface area contributed by atoms with Gasteiger partial charge in [0.2, 0.25) is 0 Å². The van der Waals surface area contributed by atoms with E-state index in [9.17, 15) is 18.0 Å². The van der Waals surface area contributed by atoms with Crippen LogP contribution in [0.5, 0.6) is 0 Å². The number of alkyl halides is 3. The molecule has 2 aliphatic rings. The molecule has 1 N–H and O–H groups in total. The number of fused-ring (bicyclic) bond motifs is 1. The first-order chi connectivity index (χ1) is 11.4. The molecule has 3 rings (SSSR count). The Labute approximate surface area is 143 Å². The van der Waals surface area contributed by atoms with Crippen LogP contribution in [0.3, 0.4) is 0 Å². The van der Waals surface area contributed by atoms with Crippen LogP contribution >= 0.6 is 23.3 Å². The molecule has 6 nitrogen and oxygen atoms in total. The fourth-order valence-electron chi connectivity index (χ4n) is 2.62. The number of rotatable bonds is 4. The van der Waals surface area contributed by atoms with E-state index in [4.69, 9.17) is 4.74 Å². The van der Waals surface area contributed by atoms with E-state index in [1.165, 1.54) is 18.4 Å². The second-order valence-electron chi connectivity index (χ2n) is 5.07. The summed E-state index contributed by atoms with van der Waals surface area (Å²) in [6, 6.07) is -0.463. The monoisotopic (exact) mass is 378 g/mol. The Hall–Kier alpha value is -1.59. The van der Waals surface area contributed by atoms with E-state index in [1.54, 1.807) is 16.5 Å². The lowest BCUT2D eigenvalue weighted by Gasteiger charge is -2.26. The van der Waals surface area contributed by atoms with Crippen molar-refractivity contribution in [3.63, 3.8) is 0 Å². The summed E-state index contributed by atoms with van der Waals surface area (Å²) in [4.78, 5) is 22.3. The number of hydrogen-bond acceptors (Lipinski definition) is 8. The predicted octanol–water partition coefficient (Wildman–Crippen LogP) is 2.16. The molecule has 0 radical (unpaired) electrons. The van der Waals surface area contributed by atoms with Crippen molar-refractivity contribution in [1.29, 1.82) is 0 Å². The molecule has 2 aliphatic heterocycles. The summed E-state index contributed by atoms with van der Waals surface area (Å²) in [6.45, 7) is 0.407. The molecular formula is C13H13F3N4O2S2. The van der Waals surface area contributed by atoms with Crippen LogP contribution < -0.4 is 4.72 Å². The number of hydrogen-bond donors (Lipinski definition) is 1. The molecule has 1 saturated heterocycles. The average Bonchev–Trinajstić information content (AvgIpc) is 3.19. The molecule has 0 saturated carbocycles. The summed E-state index contributed by atoms with van der Waals surface area (Å²) in [5, 5.41) is 2.46. The second-order valence-corrected chi connectivity index (χ2v) is 6.87. The largest absolute Gasteiger partial charge is 0.466 e. The van der Waals surface area contributed by atoms with Gasteiger partial charge in [0, 0.05) is 48.2 Å². The van der Waals surface area contributed by atoms with Crippen molar-refractivity contribution in [3.8, 4) is 0 Å². The lowest BCUT2D eigenvalue weighted by molar-refractivity contribution is -0.136. The normalized spacial score (nSPS) is 20.9. The van der Waals surface area contributed by atoms with E-state index in [2.05, 4.69) is 14.7 Å². The highest BCUT2D eigenvalue weighted by molar-refractivity contribution is 7.98. The van der Waals surface area contributed by atoms with E-state index in [-0.39, 0.29) is 31.5 Å². The van der Waals surface area contributed by atoms with Crippen molar-refractivity contribution in [2.75, 3.05) is 20.2 Å². The Morgan fingerprint density at radius 1 is 1.54 bits per heavy atom. The number of esters is 1. The SMILES string of the molecule is COC(=O)C1=C2CC(NSC(F)(F)F)CN2C(c2nccs2)=NC1. The number of aromatic nitrogens is 1. The number of nitrogens with one attached hydrogen (secondary N) is 1. The van der Waals surface area contributed by atoms with Gasteiger partial charge in [0.25, 0.3) is 0 Å². The third-order valence-corrected chi connectivity index (χ3v) is 5.01. The molecule has 1 aromatic heterocycles. The topological polar surface area (TPSA) is 66.8 Å². The zero-order chi connectivity index (χ0) is 17.3. The summed E-state index contributed by atoms with van der Waals surface area (Å²) < 4.78 is 44.4. The first-order valence-electron chi connectivity index (χ1n) is 6.91. The van der Waals surface area contributed by atoms with E-state index < -0.39 is 17.5 Å². The van der Waals surface area contributed by atoms with Gasteiger partial charge in [-0.05, 0) is 0 Å². The molecular weight excluding hydrogens is 365 g/mol. The zero-order valence-corrected chi connectivity index (χ0v) is 14.1. The molecule has 1 unspecified atom stereocenters. The molecule has 1 fully saturated rings. The second kappa shape index (κ2) is 6.73. The first kappa shape index (κ1) is 17.2. The van der Waals surface area contributed by atoms with Crippen molar-refractivity contribution in [3.05, 3.63) is 27.9 Å². The van der Waals surface area contributed by atoms with Crippen molar-refractivity contribution in [1.82, 2.24) is 14.6 Å². The van der Waals surface area contributed by atoms with E-state index in [0.717, 1.165) is 0 Å². The van der Waals surface area contributed by atoms with Crippen molar-refractivity contribution >= 4 is 35.1 Å². The Bertz CT molecular complexity index is 688. The first-order valence-corrected chi connectivity index (χ1v) is 8.61. The third-order valence-electron chi connectivity index (χ3n) is 3.56. The van der Waals surface area contributed by atoms with Gasteiger partial charge in [-0.25, -0.2) is 9.78 Å². The van der Waals surface area contributed by atoms with Gasteiger partial charge >= 0.3 is 11.5 Å². The van der Waals surface area contributed by atoms with Crippen LogP contribution in [0.4, 0.5) is 13.2 Å². The predicted molar refractivity (Wildman–Crippen MR) is 84.5 cm³/mol. The molecule has 1 atom stereocenters. The highest BCUT2D eigenvalue weighted by atomic mass is 32.2.